The van der Waals surface area contributed by atoms with Gasteiger partial charge in [-0.2, -0.15) is 0 Å². The second kappa shape index (κ2) is 6.54. The molecular formula is C12H12F3N3O. The van der Waals surface area contributed by atoms with E-state index in [2.05, 4.69) is 21.0 Å². The Kier molecular flexibility index (Phi) is 5.06. The van der Waals surface area contributed by atoms with Crippen molar-refractivity contribution in [3.8, 4) is 18.1 Å². The molecule has 19 heavy (non-hydrogen) atoms. The summed E-state index contributed by atoms with van der Waals surface area (Å²) in [6.07, 6.45) is 0.657. The van der Waals surface area contributed by atoms with E-state index in [-0.39, 0.29) is 23.9 Å². The molecule has 0 aromatic heterocycles. The van der Waals surface area contributed by atoms with Gasteiger partial charge in [0.1, 0.15) is 0 Å². The molecule has 0 saturated heterocycles. The number of benzene rings is 1. The van der Waals surface area contributed by atoms with Gasteiger partial charge in [-0.1, -0.05) is 12.1 Å². The van der Waals surface area contributed by atoms with Crippen molar-refractivity contribution in [3.63, 3.8) is 0 Å². The number of guanidine groups is 1. The number of nitrogens with two attached hydrogens (primary N) is 1. The van der Waals surface area contributed by atoms with E-state index in [1.807, 2.05) is 0 Å². The molecule has 7 heteroatoms. The number of rotatable bonds is 4. The van der Waals surface area contributed by atoms with Gasteiger partial charge in [-0.25, -0.2) is 0 Å². The van der Waals surface area contributed by atoms with Crippen molar-refractivity contribution in [3.05, 3.63) is 24.3 Å². The molecule has 0 bridgehead atoms. The molecule has 0 aliphatic heterocycles. The molecule has 0 atom stereocenters. The number of halogens is 3. The van der Waals surface area contributed by atoms with Crippen LogP contribution in [0.2, 0.25) is 0 Å². The fourth-order valence-electron chi connectivity index (χ4n) is 1.20. The summed E-state index contributed by atoms with van der Waals surface area (Å²) < 4.78 is 40.4. The minimum Gasteiger partial charge on any atom is -0.404 e. The van der Waals surface area contributed by atoms with E-state index in [0.29, 0.717) is 6.42 Å². The Morgan fingerprint density at radius 1 is 1.42 bits per heavy atom. The molecule has 1 aromatic rings. The maximum atomic E-state index is 12.2. The number of para-hydroxylation sites is 2. The number of aliphatic imine (C=N–C) groups is 1. The zero-order valence-corrected chi connectivity index (χ0v) is 9.87. The number of hydrogen-bond donors (Lipinski definition) is 2. The summed E-state index contributed by atoms with van der Waals surface area (Å²) in [6.45, 7) is 0.289. The fourth-order valence-corrected chi connectivity index (χ4v) is 1.20. The van der Waals surface area contributed by atoms with Gasteiger partial charge in [-0.05, 0) is 12.1 Å². The first-order valence-corrected chi connectivity index (χ1v) is 5.27. The largest absolute Gasteiger partial charge is 0.573 e. The van der Waals surface area contributed by atoms with Crippen LogP contribution in [0.15, 0.2) is 29.3 Å². The van der Waals surface area contributed by atoms with E-state index in [4.69, 9.17) is 12.2 Å². The smallest absolute Gasteiger partial charge is 0.404 e. The lowest BCUT2D eigenvalue weighted by Gasteiger charge is -2.13. The zero-order valence-electron chi connectivity index (χ0n) is 9.87. The normalized spacial score (nSPS) is 11.8. The third-order valence-corrected chi connectivity index (χ3v) is 1.91. The van der Waals surface area contributed by atoms with Crippen molar-refractivity contribution in [1.82, 2.24) is 0 Å². The Balaban J connectivity index is 2.78. The number of terminal acetylenes is 1. The summed E-state index contributed by atoms with van der Waals surface area (Å²) in [5.74, 6) is 1.95. The third-order valence-electron chi connectivity index (χ3n) is 1.91. The molecule has 0 aliphatic rings. The van der Waals surface area contributed by atoms with E-state index in [0.717, 1.165) is 0 Å². The second-order valence-electron chi connectivity index (χ2n) is 3.39. The van der Waals surface area contributed by atoms with Crippen molar-refractivity contribution in [2.75, 3.05) is 11.9 Å². The monoisotopic (exact) mass is 271 g/mol. The highest BCUT2D eigenvalue weighted by Gasteiger charge is 2.32. The van der Waals surface area contributed by atoms with Gasteiger partial charge < -0.3 is 15.8 Å². The minimum absolute atomic E-state index is 0.0338. The van der Waals surface area contributed by atoms with Crippen molar-refractivity contribution in [2.24, 2.45) is 10.7 Å². The summed E-state index contributed by atoms with van der Waals surface area (Å²) in [5.41, 5.74) is 5.58. The number of nitrogens with zero attached hydrogens (tertiary/aromatic N) is 1. The van der Waals surface area contributed by atoms with Gasteiger partial charge >= 0.3 is 6.36 Å². The predicted molar refractivity (Wildman–Crippen MR) is 66.7 cm³/mol. The quantitative estimate of drug-likeness (QED) is 0.382. The molecule has 102 valence electrons. The Labute approximate surface area is 108 Å². The number of alkyl halides is 3. The summed E-state index contributed by atoms with van der Waals surface area (Å²) in [7, 11) is 0. The number of anilines is 1. The number of nitrogens with one attached hydrogen (secondary N) is 1. The van der Waals surface area contributed by atoms with Crippen molar-refractivity contribution in [2.45, 2.75) is 12.8 Å². The van der Waals surface area contributed by atoms with Crippen LogP contribution in [0.25, 0.3) is 0 Å². The Morgan fingerprint density at radius 2 is 2.11 bits per heavy atom. The molecule has 3 N–H and O–H groups in total. The van der Waals surface area contributed by atoms with Crippen LogP contribution < -0.4 is 15.8 Å². The van der Waals surface area contributed by atoms with Gasteiger partial charge in [0, 0.05) is 6.42 Å². The Morgan fingerprint density at radius 3 is 2.74 bits per heavy atom. The van der Waals surface area contributed by atoms with Gasteiger partial charge in [0.15, 0.2) is 11.7 Å². The molecule has 0 spiro atoms. The SMILES string of the molecule is C#CCCN=C(N)Nc1ccccc1OC(F)(F)F. The van der Waals surface area contributed by atoms with E-state index >= 15 is 0 Å². The van der Waals surface area contributed by atoms with Gasteiger partial charge in [-0.15, -0.1) is 25.5 Å². The molecule has 4 nitrogen and oxygen atoms in total. The van der Waals surface area contributed by atoms with Crippen LogP contribution in [0, 0.1) is 12.3 Å². The molecule has 0 radical (unpaired) electrons. The molecule has 0 aliphatic carbocycles. The van der Waals surface area contributed by atoms with Crippen LogP contribution in [-0.2, 0) is 0 Å². The van der Waals surface area contributed by atoms with Gasteiger partial charge in [0.2, 0.25) is 0 Å². The van der Waals surface area contributed by atoms with Crippen molar-refractivity contribution < 1.29 is 17.9 Å². The fraction of sp³-hybridized carbons (Fsp3) is 0.250. The topological polar surface area (TPSA) is 59.6 Å². The third kappa shape index (κ3) is 5.68. The van der Waals surface area contributed by atoms with E-state index in [9.17, 15) is 13.2 Å². The van der Waals surface area contributed by atoms with Crippen LogP contribution in [-0.4, -0.2) is 18.9 Å². The lowest BCUT2D eigenvalue weighted by molar-refractivity contribution is -0.274. The molecular weight excluding hydrogens is 259 g/mol. The number of ether oxygens (including phenoxy) is 1. The molecule has 1 rings (SSSR count). The van der Waals surface area contributed by atoms with Crippen LogP contribution in [0.5, 0.6) is 5.75 Å². The first-order valence-electron chi connectivity index (χ1n) is 5.27. The van der Waals surface area contributed by atoms with Gasteiger partial charge in [0.05, 0.1) is 12.2 Å². The first-order chi connectivity index (χ1) is 8.92. The zero-order chi connectivity index (χ0) is 14.3. The maximum absolute atomic E-state index is 12.2. The molecule has 0 saturated carbocycles. The van der Waals surface area contributed by atoms with E-state index in [1.165, 1.54) is 18.2 Å². The highest BCUT2D eigenvalue weighted by molar-refractivity contribution is 5.93. The summed E-state index contributed by atoms with van der Waals surface area (Å²) in [4.78, 5) is 3.85. The maximum Gasteiger partial charge on any atom is 0.573 e. The summed E-state index contributed by atoms with van der Waals surface area (Å²) in [6, 6.07) is 5.52. The lowest BCUT2D eigenvalue weighted by atomic mass is 10.3. The average molecular weight is 271 g/mol. The average Bonchev–Trinajstić information content (AvgIpc) is 2.30. The molecule has 0 fully saturated rings. The standard InChI is InChI=1S/C12H12F3N3O/c1-2-3-8-17-11(16)18-9-6-4-5-7-10(9)19-12(13,14)15/h1,4-7H,3,8H2,(H3,16,17,18). The van der Waals surface area contributed by atoms with Crippen molar-refractivity contribution in [1.29, 1.82) is 0 Å². The molecule has 0 amide bonds. The molecule has 0 unspecified atom stereocenters. The van der Waals surface area contributed by atoms with Crippen LogP contribution in [0.4, 0.5) is 18.9 Å². The van der Waals surface area contributed by atoms with Crippen LogP contribution in [0.1, 0.15) is 6.42 Å². The highest BCUT2D eigenvalue weighted by atomic mass is 19.4. The van der Waals surface area contributed by atoms with Crippen LogP contribution in [0.3, 0.4) is 0 Å². The first kappa shape index (κ1) is 14.7. The summed E-state index contributed by atoms with van der Waals surface area (Å²) >= 11 is 0. The number of hydrogen-bond acceptors (Lipinski definition) is 2. The van der Waals surface area contributed by atoms with Crippen molar-refractivity contribution >= 4 is 11.6 Å². The Hall–Kier alpha value is -2.36. The van der Waals surface area contributed by atoms with Gasteiger partial charge in [0.25, 0.3) is 0 Å². The lowest BCUT2D eigenvalue weighted by Crippen LogP contribution is -2.24. The van der Waals surface area contributed by atoms with Gasteiger partial charge in [-0.3, -0.25) is 4.99 Å². The highest BCUT2D eigenvalue weighted by Crippen LogP contribution is 2.29. The predicted octanol–water partition coefficient (Wildman–Crippen LogP) is 2.34. The van der Waals surface area contributed by atoms with E-state index in [1.54, 1.807) is 6.07 Å². The Bertz CT molecular complexity index is 492. The molecule has 1 aromatic carbocycles. The second-order valence-corrected chi connectivity index (χ2v) is 3.39. The van der Waals surface area contributed by atoms with Crippen LogP contribution >= 0.6 is 0 Å². The van der Waals surface area contributed by atoms with E-state index < -0.39 is 6.36 Å². The summed E-state index contributed by atoms with van der Waals surface area (Å²) in [5, 5.41) is 2.53. The molecule has 0 heterocycles. The minimum atomic E-state index is -4.77.